The van der Waals surface area contributed by atoms with Crippen molar-refractivity contribution in [1.29, 1.82) is 0 Å². The molecule has 4 rings (SSSR count). The summed E-state index contributed by atoms with van der Waals surface area (Å²) in [5, 5.41) is 0. The van der Waals surface area contributed by atoms with Crippen LogP contribution in [0.4, 0.5) is 11.4 Å². The van der Waals surface area contributed by atoms with E-state index >= 15 is 0 Å². The van der Waals surface area contributed by atoms with Gasteiger partial charge in [-0.05, 0) is 49.9 Å². The maximum atomic E-state index is 13.3. The third-order valence-electron chi connectivity index (χ3n) is 5.34. The lowest BCUT2D eigenvalue weighted by Gasteiger charge is -2.32. The van der Waals surface area contributed by atoms with E-state index in [0.717, 1.165) is 38.8 Å². The van der Waals surface area contributed by atoms with Gasteiger partial charge in [-0.15, -0.1) is 0 Å². The molecule has 0 aromatic heterocycles. The molecule has 0 N–H and O–H groups in total. The van der Waals surface area contributed by atoms with Gasteiger partial charge in [0.2, 0.25) is 0 Å². The highest BCUT2D eigenvalue weighted by Crippen LogP contribution is 2.31. The number of carbonyl (C=O) groups excluding carboxylic acids is 1. The van der Waals surface area contributed by atoms with E-state index in [-0.39, 0.29) is 12.1 Å². The lowest BCUT2D eigenvalue weighted by Crippen LogP contribution is -2.47. The number of ketones is 1. The lowest BCUT2D eigenvalue weighted by molar-refractivity contribution is -0.121. The van der Waals surface area contributed by atoms with Crippen molar-refractivity contribution < 1.29 is 4.79 Å². The van der Waals surface area contributed by atoms with Crippen LogP contribution in [0.5, 0.6) is 0 Å². The van der Waals surface area contributed by atoms with Gasteiger partial charge in [0.15, 0.2) is 5.78 Å². The molecule has 0 spiro atoms. The molecule has 24 heavy (non-hydrogen) atoms. The molecule has 2 aliphatic heterocycles. The molecule has 0 radical (unpaired) electrons. The predicted octanol–water partition coefficient (Wildman–Crippen LogP) is 3.89. The summed E-state index contributed by atoms with van der Waals surface area (Å²) < 4.78 is 0. The van der Waals surface area contributed by atoms with E-state index < -0.39 is 0 Å². The summed E-state index contributed by atoms with van der Waals surface area (Å²) in [5.41, 5.74) is 2.36. The first-order valence-corrected chi connectivity index (χ1v) is 9.02. The second-order valence-electron chi connectivity index (χ2n) is 6.78. The van der Waals surface area contributed by atoms with E-state index in [1.807, 2.05) is 12.1 Å². The van der Waals surface area contributed by atoms with Crippen molar-refractivity contribution in [1.82, 2.24) is 0 Å². The molecule has 3 nitrogen and oxygen atoms in total. The van der Waals surface area contributed by atoms with Gasteiger partial charge in [0.05, 0.1) is 12.1 Å². The molecule has 3 heteroatoms. The van der Waals surface area contributed by atoms with Crippen LogP contribution in [0.1, 0.15) is 25.7 Å². The zero-order chi connectivity index (χ0) is 16.4. The largest absolute Gasteiger partial charge is 0.361 e. The molecule has 2 aliphatic rings. The molecule has 2 saturated heterocycles. The van der Waals surface area contributed by atoms with Gasteiger partial charge in [-0.2, -0.15) is 0 Å². The van der Waals surface area contributed by atoms with Gasteiger partial charge < -0.3 is 9.80 Å². The Morgan fingerprint density at radius 3 is 1.54 bits per heavy atom. The molecule has 0 aliphatic carbocycles. The molecule has 0 saturated carbocycles. The third kappa shape index (κ3) is 2.79. The van der Waals surface area contributed by atoms with Gasteiger partial charge in [0, 0.05) is 24.5 Å². The SMILES string of the molecule is O=C([C@H]1CCCN1c1ccccc1)[C@H]1CCCN1c1ccccc1. The Balaban J connectivity index is 1.56. The number of nitrogens with zero attached hydrogens (tertiary/aromatic N) is 2. The normalized spacial score (nSPS) is 23.7. The van der Waals surface area contributed by atoms with Crippen molar-refractivity contribution in [3.05, 3.63) is 60.7 Å². The Labute approximate surface area is 143 Å². The first-order valence-electron chi connectivity index (χ1n) is 9.02. The number of hydrogen-bond acceptors (Lipinski definition) is 3. The first-order chi connectivity index (χ1) is 11.8. The molecule has 2 atom stereocenters. The predicted molar refractivity (Wildman–Crippen MR) is 98.6 cm³/mol. The van der Waals surface area contributed by atoms with Crippen molar-refractivity contribution >= 4 is 17.2 Å². The Kier molecular flexibility index (Phi) is 4.24. The maximum Gasteiger partial charge on any atom is 0.177 e. The fourth-order valence-corrected chi connectivity index (χ4v) is 4.20. The van der Waals surface area contributed by atoms with E-state index in [0.29, 0.717) is 5.78 Å². The number of Topliss-reactive ketones (excluding diaryl/α,β-unsaturated/α-hetero) is 1. The monoisotopic (exact) mass is 320 g/mol. The second-order valence-corrected chi connectivity index (χ2v) is 6.78. The minimum absolute atomic E-state index is 0.0294. The lowest BCUT2D eigenvalue weighted by atomic mass is 10.00. The van der Waals surface area contributed by atoms with E-state index in [1.165, 1.54) is 11.4 Å². The van der Waals surface area contributed by atoms with Gasteiger partial charge >= 0.3 is 0 Å². The zero-order valence-corrected chi connectivity index (χ0v) is 14.0. The van der Waals surface area contributed by atoms with Crippen LogP contribution in [0.25, 0.3) is 0 Å². The maximum absolute atomic E-state index is 13.3. The van der Waals surface area contributed by atoms with Crippen LogP contribution in [-0.2, 0) is 4.79 Å². The molecule has 2 aromatic carbocycles. The Hall–Kier alpha value is -2.29. The van der Waals surface area contributed by atoms with Crippen LogP contribution in [0.2, 0.25) is 0 Å². The summed E-state index contributed by atoms with van der Waals surface area (Å²) in [4.78, 5) is 18.0. The van der Waals surface area contributed by atoms with Gasteiger partial charge in [-0.3, -0.25) is 4.79 Å². The topological polar surface area (TPSA) is 23.6 Å². The minimum atomic E-state index is 0.0294. The number of para-hydroxylation sites is 2. The Morgan fingerprint density at radius 1 is 0.708 bits per heavy atom. The fourth-order valence-electron chi connectivity index (χ4n) is 4.20. The van der Waals surface area contributed by atoms with E-state index in [2.05, 4.69) is 58.3 Å². The summed E-state index contributed by atoms with van der Waals surface area (Å²) in [6.07, 6.45) is 4.16. The van der Waals surface area contributed by atoms with Gasteiger partial charge in [0.25, 0.3) is 0 Å². The average Bonchev–Trinajstić information content (AvgIpc) is 3.32. The number of carbonyl (C=O) groups is 1. The summed E-state index contributed by atoms with van der Waals surface area (Å²) in [7, 11) is 0. The summed E-state index contributed by atoms with van der Waals surface area (Å²) in [6.45, 7) is 1.97. The average molecular weight is 320 g/mol. The van der Waals surface area contributed by atoms with Crippen molar-refractivity contribution in [2.75, 3.05) is 22.9 Å². The molecule has 2 fully saturated rings. The number of benzene rings is 2. The highest BCUT2D eigenvalue weighted by atomic mass is 16.1. The molecule has 0 bridgehead atoms. The molecule has 0 amide bonds. The van der Waals surface area contributed by atoms with E-state index in [4.69, 9.17) is 0 Å². The van der Waals surface area contributed by atoms with Crippen molar-refractivity contribution in [3.8, 4) is 0 Å². The molecule has 0 unspecified atom stereocenters. The van der Waals surface area contributed by atoms with Crippen LogP contribution in [0.15, 0.2) is 60.7 Å². The second kappa shape index (κ2) is 6.68. The Morgan fingerprint density at radius 2 is 1.12 bits per heavy atom. The number of hydrogen-bond donors (Lipinski definition) is 0. The smallest absolute Gasteiger partial charge is 0.177 e. The van der Waals surface area contributed by atoms with Crippen LogP contribution in [0.3, 0.4) is 0 Å². The van der Waals surface area contributed by atoms with Crippen LogP contribution >= 0.6 is 0 Å². The highest BCUT2D eigenvalue weighted by molar-refractivity contribution is 5.95. The first kappa shape index (κ1) is 15.3. The Bertz CT molecular complexity index is 626. The van der Waals surface area contributed by atoms with Crippen molar-refractivity contribution in [2.45, 2.75) is 37.8 Å². The van der Waals surface area contributed by atoms with Crippen molar-refractivity contribution in [3.63, 3.8) is 0 Å². The number of rotatable bonds is 4. The van der Waals surface area contributed by atoms with E-state index in [9.17, 15) is 4.79 Å². The van der Waals surface area contributed by atoms with Gasteiger partial charge in [0.1, 0.15) is 0 Å². The summed E-state index contributed by atoms with van der Waals surface area (Å²) >= 11 is 0. The molecule has 2 aromatic rings. The minimum Gasteiger partial charge on any atom is -0.361 e. The summed E-state index contributed by atoms with van der Waals surface area (Å²) in [6, 6.07) is 20.8. The number of anilines is 2. The molecular formula is C21H24N2O. The third-order valence-corrected chi connectivity index (χ3v) is 5.34. The fraction of sp³-hybridized carbons (Fsp3) is 0.381. The van der Waals surface area contributed by atoms with Crippen LogP contribution < -0.4 is 9.80 Å². The van der Waals surface area contributed by atoms with Crippen molar-refractivity contribution in [2.24, 2.45) is 0 Å². The standard InChI is InChI=1S/C21H24N2O/c24-21(19-13-7-15-22(19)17-9-3-1-4-10-17)20-14-8-16-23(20)18-11-5-2-6-12-18/h1-6,9-12,19-20H,7-8,13-16H2/t19-,20-/m1/s1. The van der Waals surface area contributed by atoms with Gasteiger partial charge in [-0.25, -0.2) is 0 Å². The molecular weight excluding hydrogens is 296 g/mol. The van der Waals surface area contributed by atoms with E-state index in [1.54, 1.807) is 0 Å². The van der Waals surface area contributed by atoms with Gasteiger partial charge in [-0.1, -0.05) is 36.4 Å². The molecule has 124 valence electrons. The highest BCUT2D eigenvalue weighted by Gasteiger charge is 2.39. The van der Waals surface area contributed by atoms with Crippen LogP contribution in [-0.4, -0.2) is 31.0 Å². The van der Waals surface area contributed by atoms with Crippen LogP contribution in [0, 0.1) is 0 Å². The molecule has 2 heterocycles. The summed E-state index contributed by atoms with van der Waals surface area (Å²) in [5.74, 6) is 0.401. The quantitative estimate of drug-likeness (QED) is 0.854. The zero-order valence-electron chi connectivity index (χ0n) is 14.0.